The van der Waals surface area contributed by atoms with Crippen molar-refractivity contribution < 1.29 is 4.98 Å². The molecule has 0 radical (unpaired) electrons. The Morgan fingerprint density at radius 3 is 2.92 bits per heavy atom. The fourth-order valence-corrected chi connectivity index (χ4v) is 2.65. The highest BCUT2D eigenvalue weighted by atomic mass is 15.3. The number of anilines is 1. The number of rotatable bonds is 4. The van der Waals surface area contributed by atoms with E-state index in [0.717, 1.165) is 28.2 Å². The van der Waals surface area contributed by atoms with Gasteiger partial charge in [-0.2, -0.15) is 5.10 Å². The molecule has 0 bridgehead atoms. The van der Waals surface area contributed by atoms with Gasteiger partial charge in [0.25, 0.3) is 0 Å². The number of pyridine rings is 1. The van der Waals surface area contributed by atoms with Gasteiger partial charge < -0.3 is 5.32 Å². The molecule has 6 nitrogen and oxygen atoms in total. The van der Waals surface area contributed by atoms with Gasteiger partial charge in [-0.15, -0.1) is 0 Å². The van der Waals surface area contributed by atoms with Crippen LogP contribution in [-0.2, 0) is 6.54 Å². The van der Waals surface area contributed by atoms with Crippen molar-refractivity contribution in [1.29, 1.82) is 0 Å². The maximum atomic E-state index is 4.49. The molecule has 2 N–H and O–H groups in total. The van der Waals surface area contributed by atoms with Gasteiger partial charge in [-0.05, 0) is 24.6 Å². The number of aryl methyl sites for hydroxylation is 1. The van der Waals surface area contributed by atoms with Crippen molar-refractivity contribution in [3.8, 4) is 5.69 Å². The summed E-state index contributed by atoms with van der Waals surface area (Å²) in [5.41, 5.74) is 4.04. The maximum Gasteiger partial charge on any atom is 0.198 e. The first-order valence-corrected chi connectivity index (χ1v) is 7.76. The highest BCUT2D eigenvalue weighted by Crippen LogP contribution is 2.22. The van der Waals surface area contributed by atoms with Gasteiger partial charge in [0.15, 0.2) is 17.5 Å². The molecule has 0 saturated heterocycles. The number of nitrogens with one attached hydrogen (secondary N) is 2. The van der Waals surface area contributed by atoms with Crippen LogP contribution in [0, 0.1) is 6.92 Å². The molecule has 0 amide bonds. The lowest BCUT2D eigenvalue weighted by Gasteiger charge is -2.06. The highest BCUT2D eigenvalue weighted by molar-refractivity contribution is 5.87. The largest absolute Gasteiger partial charge is 0.359 e. The minimum absolute atomic E-state index is 0.655. The van der Waals surface area contributed by atoms with E-state index in [0.29, 0.717) is 6.54 Å². The summed E-state index contributed by atoms with van der Waals surface area (Å²) in [5, 5.41) is 8.73. The van der Waals surface area contributed by atoms with Crippen LogP contribution in [0.25, 0.3) is 16.7 Å². The molecule has 0 aliphatic heterocycles. The number of H-pyrrole nitrogens is 1. The number of aromatic nitrogens is 5. The van der Waals surface area contributed by atoms with Crippen LogP contribution in [0.15, 0.2) is 61.2 Å². The summed E-state index contributed by atoms with van der Waals surface area (Å²) in [4.78, 5) is 12.0. The number of nitrogens with zero attached hydrogens (tertiary/aromatic N) is 4. The summed E-state index contributed by atoms with van der Waals surface area (Å²) in [6.07, 6.45) is 5.27. The van der Waals surface area contributed by atoms with E-state index in [1.54, 1.807) is 12.5 Å². The second-order valence-corrected chi connectivity index (χ2v) is 5.60. The second kappa shape index (κ2) is 6.08. The van der Waals surface area contributed by atoms with Crippen molar-refractivity contribution in [3.63, 3.8) is 0 Å². The number of hydrogen-bond donors (Lipinski definition) is 1. The van der Waals surface area contributed by atoms with Crippen LogP contribution in [0.2, 0.25) is 0 Å². The van der Waals surface area contributed by atoms with Crippen LogP contribution >= 0.6 is 0 Å². The van der Waals surface area contributed by atoms with E-state index < -0.39 is 0 Å². The zero-order chi connectivity index (χ0) is 16.4. The lowest BCUT2D eigenvalue weighted by Crippen LogP contribution is -2.14. The van der Waals surface area contributed by atoms with Gasteiger partial charge in [0.2, 0.25) is 0 Å². The molecule has 0 spiro atoms. The molecular formula is C18H17N6+. The second-order valence-electron chi connectivity index (χ2n) is 5.60. The minimum atomic E-state index is 0.655. The van der Waals surface area contributed by atoms with Crippen molar-refractivity contribution in [2.45, 2.75) is 13.5 Å². The van der Waals surface area contributed by atoms with E-state index in [2.05, 4.69) is 44.4 Å². The molecule has 0 aliphatic rings. The summed E-state index contributed by atoms with van der Waals surface area (Å²) in [6, 6.07) is 14.2. The monoisotopic (exact) mass is 317 g/mol. The molecule has 0 aliphatic carbocycles. The molecule has 1 aromatic carbocycles. The molecule has 6 heteroatoms. The molecule has 118 valence electrons. The molecule has 3 heterocycles. The lowest BCUT2D eigenvalue weighted by molar-refractivity contribution is -0.389. The van der Waals surface area contributed by atoms with Crippen LogP contribution < -0.4 is 10.3 Å². The fraction of sp³-hybridized carbons (Fsp3) is 0.111. The molecule has 0 atom stereocenters. The number of benzene rings is 1. The summed E-state index contributed by atoms with van der Waals surface area (Å²) < 4.78 is 1.84. The predicted molar refractivity (Wildman–Crippen MR) is 91.7 cm³/mol. The number of hydrogen-bond acceptors (Lipinski definition) is 4. The van der Waals surface area contributed by atoms with Gasteiger partial charge >= 0.3 is 0 Å². The topological polar surface area (TPSA) is 69.8 Å². The van der Waals surface area contributed by atoms with Gasteiger partial charge in [-0.1, -0.05) is 18.2 Å². The number of fused-ring (bicyclic) bond motifs is 1. The first-order valence-electron chi connectivity index (χ1n) is 7.76. The van der Waals surface area contributed by atoms with E-state index in [1.807, 2.05) is 41.2 Å². The standard InChI is InChI=1S/C18H16N6/c1-13-5-4-7-15(9-13)24-18-16(11-23-24)17(21-12-22-18)20-10-14-6-2-3-8-19-14/h2-9,11-12H,10H2,1H3,(H,20,21,22)/p+1. The molecule has 0 fully saturated rings. The molecular weight excluding hydrogens is 300 g/mol. The van der Waals surface area contributed by atoms with E-state index in [4.69, 9.17) is 0 Å². The first kappa shape index (κ1) is 14.3. The molecule has 0 saturated carbocycles. The molecule has 3 aromatic heterocycles. The Bertz CT molecular complexity index is 977. The molecule has 24 heavy (non-hydrogen) atoms. The van der Waals surface area contributed by atoms with E-state index in [1.165, 1.54) is 5.56 Å². The third-order valence-electron chi connectivity index (χ3n) is 3.83. The van der Waals surface area contributed by atoms with E-state index >= 15 is 0 Å². The zero-order valence-corrected chi connectivity index (χ0v) is 13.3. The van der Waals surface area contributed by atoms with E-state index in [-0.39, 0.29) is 0 Å². The SMILES string of the molecule is Cc1cccc(-n2ncc3c(NCc4cccc[nH+]4)ncnc32)c1. The van der Waals surface area contributed by atoms with Crippen molar-refractivity contribution >= 4 is 16.9 Å². The van der Waals surface area contributed by atoms with Crippen LogP contribution in [0.3, 0.4) is 0 Å². The summed E-state index contributed by atoms with van der Waals surface area (Å²) in [6.45, 7) is 2.72. The summed E-state index contributed by atoms with van der Waals surface area (Å²) in [5.74, 6) is 0.774. The van der Waals surface area contributed by atoms with Gasteiger partial charge in [-0.3, -0.25) is 0 Å². The molecule has 4 aromatic rings. The molecule has 0 unspecified atom stereocenters. The van der Waals surface area contributed by atoms with E-state index in [9.17, 15) is 0 Å². The fourth-order valence-electron chi connectivity index (χ4n) is 2.65. The third kappa shape index (κ3) is 2.69. The average molecular weight is 317 g/mol. The van der Waals surface area contributed by atoms with Crippen LogP contribution in [-0.4, -0.2) is 19.7 Å². The number of aromatic amines is 1. The Morgan fingerprint density at radius 2 is 2.08 bits per heavy atom. The van der Waals surface area contributed by atoms with Crippen LogP contribution in [0.4, 0.5) is 5.82 Å². The van der Waals surface area contributed by atoms with Gasteiger partial charge in [-0.25, -0.2) is 19.6 Å². The lowest BCUT2D eigenvalue weighted by atomic mass is 10.2. The van der Waals surface area contributed by atoms with Crippen molar-refractivity contribution in [2.24, 2.45) is 0 Å². The Hall–Kier alpha value is -3.28. The minimum Gasteiger partial charge on any atom is -0.359 e. The average Bonchev–Trinajstić information content (AvgIpc) is 3.05. The Labute approximate surface area is 139 Å². The van der Waals surface area contributed by atoms with Gasteiger partial charge in [0, 0.05) is 12.1 Å². The smallest absolute Gasteiger partial charge is 0.198 e. The van der Waals surface area contributed by atoms with Crippen molar-refractivity contribution in [2.75, 3.05) is 5.32 Å². The molecule has 4 rings (SSSR count). The Morgan fingerprint density at radius 1 is 1.12 bits per heavy atom. The quantitative estimate of drug-likeness (QED) is 0.628. The first-order chi connectivity index (χ1) is 11.8. The summed E-state index contributed by atoms with van der Waals surface area (Å²) >= 11 is 0. The normalized spacial score (nSPS) is 10.9. The zero-order valence-electron chi connectivity index (χ0n) is 13.3. The predicted octanol–water partition coefficient (Wildman–Crippen LogP) is 2.55. The third-order valence-corrected chi connectivity index (χ3v) is 3.83. The van der Waals surface area contributed by atoms with Crippen molar-refractivity contribution in [1.82, 2.24) is 19.7 Å². The maximum absolute atomic E-state index is 4.49. The highest BCUT2D eigenvalue weighted by Gasteiger charge is 2.11. The van der Waals surface area contributed by atoms with Crippen molar-refractivity contribution in [3.05, 3.63) is 72.4 Å². The Balaban J connectivity index is 1.69. The van der Waals surface area contributed by atoms with Gasteiger partial charge in [0.1, 0.15) is 18.7 Å². The summed E-state index contributed by atoms with van der Waals surface area (Å²) in [7, 11) is 0. The van der Waals surface area contributed by atoms with Crippen LogP contribution in [0.5, 0.6) is 0 Å². The Kier molecular flexibility index (Phi) is 3.63. The van der Waals surface area contributed by atoms with Gasteiger partial charge in [0.05, 0.1) is 17.3 Å². The van der Waals surface area contributed by atoms with Crippen LogP contribution in [0.1, 0.15) is 11.3 Å².